The third kappa shape index (κ3) is 2.89. The van der Waals surface area contributed by atoms with Crippen LogP contribution in [0.1, 0.15) is 20.8 Å². The summed E-state index contributed by atoms with van der Waals surface area (Å²) in [6.45, 7) is 0. The molecule has 0 unspecified atom stereocenters. The van der Waals surface area contributed by atoms with Gasteiger partial charge in [-0.15, -0.1) is 0 Å². The SMILES string of the molecule is COc1ccc(C(=O)Nc2nc(C(=O)O)co2)cc1. The van der Waals surface area contributed by atoms with Crippen molar-refractivity contribution in [1.29, 1.82) is 0 Å². The Morgan fingerprint density at radius 2 is 2.00 bits per heavy atom. The van der Waals surface area contributed by atoms with E-state index in [1.54, 1.807) is 24.3 Å². The topological polar surface area (TPSA) is 102 Å². The Hall–Kier alpha value is -2.83. The first-order chi connectivity index (χ1) is 9.10. The number of aromatic carboxylic acids is 1. The van der Waals surface area contributed by atoms with Crippen LogP contribution in [0, 0.1) is 0 Å². The molecular weight excluding hydrogens is 252 g/mol. The molecule has 2 rings (SSSR count). The molecule has 7 nitrogen and oxygen atoms in total. The zero-order chi connectivity index (χ0) is 13.8. The zero-order valence-electron chi connectivity index (χ0n) is 9.91. The maximum atomic E-state index is 11.8. The molecule has 0 spiro atoms. The fourth-order valence-electron chi connectivity index (χ4n) is 1.34. The minimum Gasteiger partial charge on any atom is -0.497 e. The number of nitrogens with zero attached hydrogens (tertiary/aromatic N) is 1. The average molecular weight is 262 g/mol. The van der Waals surface area contributed by atoms with Gasteiger partial charge in [0.05, 0.1) is 7.11 Å². The number of hydrogen-bond donors (Lipinski definition) is 2. The van der Waals surface area contributed by atoms with E-state index in [2.05, 4.69) is 10.3 Å². The van der Waals surface area contributed by atoms with E-state index in [9.17, 15) is 9.59 Å². The molecule has 19 heavy (non-hydrogen) atoms. The van der Waals surface area contributed by atoms with E-state index in [-0.39, 0.29) is 11.7 Å². The lowest BCUT2D eigenvalue weighted by molar-refractivity contribution is 0.0690. The maximum absolute atomic E-state index is 11.8. The number of carbonyl (C=O) groups is 2. The molecule has 1 aromatic carbocycles. The molecule has 1 amide bonds. The number of methoxy groups -OCH3 is 1. The van der Waals surface area contributed by atoms with Gasteiger partial charge in [-0.2, -0.15) is 4.98 Å². The van der Waals surface area contributed by atoms with Crippen LogP contribution in [-0.2, 0) is 0 Å². The monoisotopic (exact) mass is 262 g/mol. The lowest BCUT2D eigenvalue weighted by Gasteiger charge is -2.02. The first-order valence-electron chi connectivity index (χ1n) is 5.24. The summed E-state index contributed by atoms with van der Waals surface area (Å²) in [5.74, 6) is -1.06. The number of carboxylic acid groups (broad SMARTS) is 1. The molecule has 0 saturated heterocycles. The maximum Gasteiger partial charge on any atom is 0.357 e. The minimum atomic E-state index is -1.23. The number of carbonyl (C=O) groups excluding carboxylic acids is 1. The van der Waals surface area contributed by atoms with Crippen molar-refractivity contribution in [1.82, 2.24) is 4.98 Å². The molecule has 1 heterocycles. The Balaban J connectivity index is 2.08. The number of ether oxygens (including phenoxy) is 1. The fraction of sp³-hybridized carbons (Fsp3) is 0.0833. The Morgan fingerprint density at radius 1 is 1.32 bits per heavy atom. The second-order valence-electron chi connectivity index (χ2n) is 3.53. The number of anilines is 1. The van der Waals surface area contributed by atoms with E-state index >= 15 is 0 Å². The van der Waals surface area contributed by atoms with Gasteiger partial charge in [-0.3, -0.25) is 10.1 Å². The highest BCUT2D eigenvalue weighted by Crippen LogP contribution is 2.13. The number of rotatable bonds is 4. The summed E-state index contributed by atoms with van der Waals surface area (Å²) in [4.78, 5) is 26.0. The van der Waals surface area contributed by atoms with E-state index in [0.717, 1.165) is 6.26 Å². The van der Waals surface area contributed by atoms with Crippen molar-refractivity contribution in [3.63, 3.8) is 0 Å². The Labute approximate surface area is 107 Å². The summed E-state index contributed by atoms with van der Waals surface area (Å²) in [6, 6.07) is 6.23. The van der Waals surface area contributed by atoms with Gasteiger partial charge in [-0.05, 0) is 24.3 Å². The molecule has 2 aromatic rings. The number of carboxylic acids is 1. The van der Waals surface area contributed by atoms with Gasteiger partial charge in [0.25, 0.3) is 5.91 Å². The number of aromatic nitrogens is 1. The van der Waals surface area contributed by atoms with Crippen LogP contribution in [0.5, 0.6) is 5.75 Å². The highest BCUT2D eigenvalue weighted by molar-refractivity contribution is 6.03. The molecule has 0 aliphatic carbocycles. The molecule has 0 aliphatic rings. The zero-order valence-corrected chi connectivity index (χ0v) is 9.91. The third-order valence-corrected chi connectivity index (χ3v) is 2.30. The summed E-state index contributed by atoms with van der Waals surface area (Å²) < 4.78 is 9.78. The van der Waals surface area contributed by atoms with Crippen molar-refractivity contribution in [3.8, 4) is 5.75 Å². The van der Waals surface area contributed by atoms with Crippen molar-refractivity contribution >= 4 is 17.9 Å². The second kappa shape index (κ2) is 5.21. The quantitative estimate of drug-likeness (QED) is 0.868. The van der Waals surface area contributed by atoms with Crippen molar-refractivity contribution in [2.75, 3.05) is 12.4 Å². The Bertz CT molecular complexity index is 603. The third-order valence-electron chi connectivity index (χ3n) is 2.30. The molecule has 0 fully saturated rings. The second-order valence-corrected chi connectivity index (χ2v) is 3.53. The summed E-state index contributed by atoms with van der Waals surface area (Å²) >= 11 is 0. The van der Waals surface area contributed by atoms with E-state index in [1.807, 2.05) is 0 Å². The largest absolute Gasteiger partial charge is 0.497 e. The van der Waals surface area contributed by atoms with Crippen LogP contribution in [0.4, 0.5) is 6.01 Å². The molecule has 0 aliphatic heterocycles. The molecule has 0 atom stereocenters. The van der Waals surface area contributed by atoms with E-state index < -0.39 is 11.9 Å². The number of nitrogens with one attached hydrogen (secondary N) is 1. The Kier molecular flexibility index (Phi) is 3.46. The number of oxazole rings is 1. The molecule has 0 radical (unpaired) electrons. The van der Waals surface area contributed by atoms with E-state index in [4.69, 9.17) is 14.3 Å². The molecular formula is C12H10N2O5. The Morgan fingerprint density at radius 3 is 2.53 bits per heavy atom. The highest BCUT2D eigenvalue weighted by Gasteiger charge is 2.13. The molecule has 7 heteroatoms. The smallest absolute Gasteiger partial charge is 0.357 e. The predicted molar refractivity (Wildman–Crippen MR) is 64.4 cm³/mol. The normalized spacial score (nSPS) is 9.95. The predicted octanol–water partition coefficient (Wildman–Crippen LogP) is 1.63. The standard InChI is InChI=1S/C12H10N2O5/c1-18-8-4-2-7(3-5-8)10(15)14-12-13-9(6-19-12)11(16)17/h2-6H,1H3,(H,16,17)(H,13,14,15). The van der Waals surface area contributed by atoms with Crippen LogP contribution in [0.15, 0.2) is 34.9 Å². The summed E-state index contributed by atoms with van der Waals surface area (Å²) in [5.41, 5.74) is 0.0981. The lowest BCUT2D eigenvalue weighted by atomic mass is 10.2. The molecule has 1 aromatic heterocycles. The average Bonchev–Trinajstić information content (AvgIpc) is 2.87. The fourth-order valence-corrected chi connectivity index (χ4v) is 1.34. The van der Waals surface area contributed by atoms with Crippen molar-refractivity contribution in [2.45, 2.75) is 0 Å². The van der Waals surface area contributed by atoms with Gasteiger partial charge in [0.2, 0.25) is 0 Å². The van der Waals surface area contributed by atoms with Crippen molar-refractivity contribution in [2.24, 2.45) is 0 Å². The number of benzene rings is 1. The van der Waals surface area contributed by atoms with Crippen molar-refractivity contribution < 1.29 is 23.8 Å². The van der Waals surface area contributed by atoms with Crippen LogP contribution < -0.4 is 10.1 Å². The highest BCUT2D eigenvalue weighted by atomic mass is 16.5. The molecule has 98 valence electrons. The van der Waals surface area contributed by atoms with Gasteiger partial charge in [0, 0.05) is 5.56 Å². The summed E-state index contributed by atoms with van der Waals surface area (Å²) in [7, 11) is 1.52. The van der Waals surface area contributed by atoms with Crippen molar-refractivity contribution in [3.05, 3.63) is 41.8 Å². The summed E-state index contributed by atoms with van der Waals surface area (Å²) in [6.07, 6.45) is 0.950. The molecule has 0 saturated carbocycles. The first kappa shape index (κ1) is 12.6. The molecule has 0 bridgehead atoms. The van der Waals surface area contributed by atoms with Crippen LogP contribution in [-0.4, -0.2) is 29.1 Å². The number of amides is 1. The van der Waals surface area contributed by atoms with Crippen LogP contribution in [0.3, 0.4) is 0 Å². The van der Waals surface area contributed by atoms with Gasteiger partial charge in [-0.1, -0.05) is 0 Å². The van der Waals surface area contributed by atoms with Gasteiger partial charge >= 0.3 is 12.0 Å². The van der Waals surface area contributed by atoms with Crippen LogP contribution >= 0.6 is 0 Å². The summed E-state index contributed by atoms with van der Waals surface area (Å²) in [5, 5.41) is 11.0. The number of hydrogen-bond acceptors (Lipinski definition) is 5. The van der Waals surface area contributed by atoms with Gasteiger partial charge in [0.1, 0.15) is 12.0 Å². The van der Waals surface area contributed by atoms with Crippen LogP contribution in [0.2, 0.25) is 0 Å². The van der Waals surface area contributed by atoms with Gasteiger partial charge in [0.15, 0.2) is 5.69 Å². The lowest BCUT2D eigenvalue weighted by Crippen LogP contribution is -2.12. The van der Waals surface area contributed by atoms with E-state index in [0.29, 0.717) is 11.3 Å². The molecule has 2 N–H and O–H groups in total. The minimum absolute atomic E-state index is 0.168. The van der Waals surface area contributed by atoms with Gasteiger partial charge < -0.3 is 14.3 Å². The first-order valence-corrected chi connectivity index (χ1v) is 5.24. The van der Waals surface area contributed by atoms with Gasteiger partial charge in [-0.25, -0.2) is 4.79 Å². The van der Waals surface area contributed by atoms with E-state index in [1.165, 1.54) is 7.11 Å². The van der Waals surface area contributed by atoms with Crippen LogP contribution in [0.25, 0.3) is 0 Å².